The molecule has 0 nitrogen and oxygen atoms in total. The van der Waals surface area contributed by atoms with Crippen molar-refractivity contribution in [2.24, 2.45) is 0 Å². The van der Waals surface area contributed by atoms with E-state index in [9.17, 15) is 0 Å². The van der Waals surface area contributed by atoms with Crippen LogP contribution in [0.4, 0.5) is 0 Å². The Bertz CT molecular complexity index is 585. The lowest BCUT2D eigenvalue weighted by Gasteiger charge is -1.86. The van der Waals surface area contributed by atoms with E-state index in [1.165, 1.54) is 25.4 Å². The average Bonchev–Trinajstić information content (AvgIpc) is 2.74. The van der Waals surface area contributed by atoms with E-state index in [4.69, 9.17) is 0 Å². The predicted molar refractivity (Wildman–Crippen MR) is 82.5 cm³/mol. The quantitative estimate of drug-likeness (QED) is 0.730. The first-order valence-corrected chi connectivity index (χ1v) is 7.54. The molecule has 2 aromatic heterocycles. The molecule has 0 aromatic carbocycles. The highest BCUT2D eigenvalue weighted by Gasteiger charge is 1.99. The van der Waals surface area contributed by atoms with Gasteiger partial charge in [-0.15, -0.1) is 22.7 Å². The maximum atomic E-state index is 4.07. The van der Waals surface area contributed by atoms with Gasteiger partial charge in [-0.1, -0.05) is 20.4 Å². The van der Waals surface area contributed by atoms with Crippen LogP contribution in [0.3, 0.4) is 0 Å². The molecule has 17 heavy (non-hydrogen) atoms. The van der Waals surface area contributed by atoms with Crippen LogP contribution >= 0.6 is 22.7 Å². The molecule has 0 radical (unpaired) electrons. The van der Waals surface area contributed by atoms with Gasteiger partial charge in [-0.3, -0.25) is 0 Å². The summed E-state index contributed by atoms with van der Waals surface area (Å²) in [5.41, 5.74) is 1.36. The number of rotatable bonds is 1. The van der Waals surface area contributed by atoms with Gasteiger partial charge in [-0.05, 0) is 49.8 Å². The van der Waals surface area contributed by atoms with E-state index in [1.54, 1.807) is 11.3 Å². The maximum absolute atomic E-state index is 4.07. The minimum absolute atomic E-state index is 1.16. The van der Waals surface area contributed by atoms with Crippen LogP contribution in [0.1, 0.15) is 34.0 Å². The third kappa shape index (κ3) is 3.55. The highest BCUT2D eigenvalue weighted by molar-refractivity contribution is 7.13. The number of hydrogen-bond donors (Lipinski definition) is 0. The van der Waals surface area contributed by atoms with Gasteiger partial charge in [-0.25, -0.2) is 0 Å². The molecule has 0 fully saturated rings. The second-order valence-electron chi connectivity index (χ2n) is 3.78. The molecule has 0 saturated heterocycles. The summed E-state index contributed by atoms with van der Waals surface area (Å²) in [5, 5.41) is 1.27. The van der Waals surface area contributed by atoms with Crippen LogP contribution in [0.2, 0.25) is 0 Å². The van der Waals surface area contributed by atoms with Crippen molar-refractivity contribution >= 4 is 35.3 Å². The van der Waals surface area contributed by atoms with Crippen molar-refractivity contribution < 1.29 is 0 Å². The summed E-state index contributed by atoms with van der Waals surface area (Å²) in [4.78, 5) is 4.06. The van der Waals surface area contributed by atoms with E-state index in [1.807, 2.05) is 25.2 Å². The average molecular weight is 264 g/mol. The van der Waals surface area contributed by atoms with Gasteiger partial charge in [0.1, 0.15) is 0 Å². The molecule has 2 aromatic rings. The van der Waals surface area contributed by atoms with Gasteiger partial charge in [0, 0.05) is 19.2 Å². The predicted octanol–water partition coefficient (Wildman–Crippen LogP) is 4.00. The topological polar surface area (TPSA) is 0 Å². The Balaban J connectivity index is 0.000000686. The van der Waals surface area contributed by atoms with E-state index in [0.29, 0.717) is 0 Å². The Morgan fingerprint density at radius 2 is 1.59 bits per heavy atom. The highest BCUT2D eigenvalue weighted by Crippen LogP contribution is 2.21. The molecular weight excluding hydrogens is 244 g/mol. The van der Waals surface area contributed by atoms with Gasteiger partial charge in [0.25, 0.3) is 0 Å². The first-order chi connectivity index (χ1) is 8.06. The molecule has 0 spiro atoms. The molecule has 92 valence electrons. The maximum Gasteiger partial charge on any atom is 0.0308 e. The van der Waals surface area contributed by atoms with E-state index >= 15 is 0 Å². The second-order valence-corrected chi connectivity index (χ2v) is 6.41. The minimum Gasteiger partial charge on any atom is -0.141 e. The van der Waals surface area contributed by atoms with Crippen molar-refractivity contribution in [3.8, 4) is 0 Å². The lowest BCUT2D eigenvalue weighted by atomic mass is 10.2. The zero-order chi connectivity index (χ0) is 13.0. The fourth-order valence-electron chi connectivity index (χ4n) is 1.65. The van der Waals surface area contributed by atoms with Gasteiger partial charge < -0.3 is 0 Å². The number of hydrogen-bond acceptors (Lipinski definition) is 2. The fourth-order valence-corrected chi connectivity index (χ4v) is 3.45. The molecule has 0 unspecified atom stereocenters. The first-order valence-electron chi connectivity index (χ1n) is 5.90. The Hall–Kier alpha value is -0.860. The van der Waals surface area contributed by atoms with Crippen molar-refractivity contribution in [3.63, 3.8) is 0 Å². The normalized spacial score (nSPS) is 11.2. The van der Waals surface area contributed by atoms with Crippen LogP contribution in [-0.4, -0.2) is 0 Å². The molecule has 0 N–H and O–H groups in total. The van der Waals surface area contributed by atoms with Gasteiger partial charge in [0.2, 0.25) is 0 Å². The zero-order valence-electron chi connectivity index (χ0n) is 11.3. The fraction of sp³-hybridized carbons (Fsp3) is 0.333. The van der Waals surface area contributed by atoms with Crippen LogP contribution in [0.25, 0.3) is 12.7 Å². The molecule has 2 heterocycles. The van der Waals surface area contributed by atoms with Crippen molar-refractivity contribution in [2.75, 3.05) is 0 Å². The summed E-state index contributed by atoms with van der Waals surface area (Å²) >= 11 is 3.61. The third-order valence-corrected chi connectivity index (χ3v) is 4.35. The van der Waals surface area contributed by atoms with Crippen LogP contribution in [0.15, 0.2) is 12.1 Å². The molecule has 0 aliphatic carbocycles. The molecule has 0 aliphatic rings. The Morgan fingerprint density at radius 3 is 2.00 bits per heavy atom. The highest BCUT2D eigenvalue weighted by atomic mass is 32.1. The Morgan fingerprint density at radius 1 is 1.00 bits per heavy atom. The van der Waals surface area contributed by atoms with Gasteiger partial charge in [0.15, 0.2) is 0 Å². The molecule has 0 amide bonds. The molecule has 0 bridgehead atoms. The van der Waals surface area contributed by atoms with Crippen LogP contribution in [0, 0.1) is 20.8 Å². The summed E-state index contributed by atoms with van der Waals surface area (Å²) in [5.74, 6) is 0. The lowest BCUT2D eigenvalue weighted by molar-refractivity contribution is 1.49. The van der Waals surface area contributed by atoms with E-state index < -0.39 is 0 Å². The largest absolute Gasteiger partial charge is 0.141 e. The smallest absolute Gasteiger partial charge is 0.0308 e. The lowest BCUT2D eigenvalue weighted by Crippen LogP contribution is -2.15. The first kappa shape index (κ1) is 14.2. The van der Waals surface area contributed by atoms with Gasteiger partial charge >= 0.3 is 0 Å². The summed E-state index contributed by atoms with van der Waals surface area (Å²) in [7, 11) is 0. The van der Waals surface area contributed by atoms with Gasteiger partial charge in [0.05, 0.1) is 0 Å². The second kappa shape index (κ2) is 6.18. The summed E-state index contributed by atoms with van der Waals surface area (Å²) in [6.45, 7) is 14.5. The van der Waals surface area contributed by atoms with E-state index in [0.717, 1.165) is 4.53 Å². The molecule has 0 saturated carbocycles. The summed E-state index contributed by atoms with van der Waals surface area (Å²) in [6.07, 6.45) is 2.25. The Kier molecular flexibility index (Phi) is 5.16. The number of thiophene rings is 2. The standard InChI is InChI=1S/C13H14S2.C2H6/c1-8-5-9(2)15-13(8)7-12-6-10(3)14-11(12)4;1-2/h5-7H,4H2,1-3H3;1-2H3/b12-7-;. The van der Waals surface area contributed by atoms with Crippen LogP contribution < -0.4 is 9.75 Å². The molecule has 0 atom stereocenters. The molecule has 2 heteroatoms. The van der Waals surface area contributed by atoms with Crippen molar-refractivity contribution in [3.05, 3.63) is 42.1 Å². The molecule has 2 rings (SSSR count). The van der Waals surface area contributed by atoms with Crippen molar-refractivity contribution in [1.29, 1.82) is 0 Å². The number of aryl methyl sites for hydroxylation is 3. The molecule has 0 aliphatic heterocycles. The van der Waals surface area contributed by atoms with Crippen molar-refractivity contribution in [2.45, 2.75) is 34.6 Å². The summed E-state index contributed by atoms with van der Waals surface area (Å²) in [6, 6.07) is 4.44. The molecular formula is C15H20S2. The SMILES string of the molecule is C=c1sc(C)c/c1=C/c1sc(C)cc1C.CC. The van der Waals surface area contributed by atoms with Crippen LogP contribution in [0.5, 0.6) is 0 Å². The van der Waals surface area contributed by atoms with Gasteiger partial charge in [-0.2, -0.15) is 0 Å². The Labute approximate surface area is 112 Å². The third-order valence-electron chi connectivity index (χ3n) is 2.33. The zero-order valence-corrected chi connectivity index (χ0v) is 12.9. The summed E-state index contributed by atoms with van der Waals surface area (Å²) < 4.78 is 1.16. The minimum atomic E-state index is 1.16. The van der Waals surface area contributed by atoms with Crippen LogP contribution in [-0.2, 0) is 0 Å². The van der Waals surface area contributed by atoms with Crippen molar-refractivity contribution in [1.82, 2.24) is 0 Å². The monoisotopic (exact) mass is 264 g/mol. The van der Waals surface area contributed by atoms with E-state index in [2.05, 4.69) is 45.6 Å². The van der Waals surface area contributed by atoms with E-state index in [-0.39, 0.29) is 0 Å².